The van der Waals surface area contributed by atoms with E-state index in [2.05, 4.69) is 0 Å². The summed E-state index contributed by atoms with van der Waals surface area (Å²) in [4.78, 5) is 1.66. The van der Waals surface area contributed by atoms with Crippen LogP contribution in [0.15, 0.2) is 0 Å². The maximum absolute atomic E-state index is 10.7. The second-order valence-electron chi connectivity index (χ2n) is 2.70. The molecule has 5 nitrogen and oxygen atoms in total. The minimum Gasteiger partial charge on any atom is -0.358 e. The number of rotatable bonds is 1. The zero-order chi connectivity index (χ0) is 8.65. The van der Waals surface area contributed by atoms with E-state index in [1.807, 2.05) is 0 Å². The highest BCUT2D eigenvalue weighted by atomic mass is 32.2. The molecule has 1 heterocycles. The molecular formula is C5H11N3O2S. The van der Waals surface area contributed by atoms with Crippen molar-refractivity contribution >= 4 is 15.9 Å². The third-order valence-electron chi connectivity index (χ3n) is 1.79. The highest BCUT2D eigenvalue weighted by Crippen LogP contribution is 2.13. The van der Waals surface area contributed by atoms with Crippen LogP contribution in [0.25, 0.3) is 0 Å². The second kappa shape index (κ2) is 2.46. The highest BCUT2D eigenvalue weighted by molar-refractivity contribution is 7.89. The van der Waals surface area contributed by atoms with Crippen LogP contribution < -0.4 is 5.14 Å². The number of sulfonamides is 1. The van der Waals surface area contributed by atoms with Gasteiger partial charge in [-0.1, -0.05) is 0 Å². The summed E-state index contributed by atoms with van der Waals surface area (Å²) < 4.78 is 21.3. The van der Waals surface area contributed by atoms with E-state index in [9.17, 15) is 8.42 Å². The third-order valence-corrected chi connectivity index (χ3v) is 3.01. The van der Waals surface area contributed by atoms with Crippen LogP contribution in [0, 0.1) is 5.41 Å². The van der Waals surface area contributed by atoms with E-state index < -0.39 is 15.3 Å². The zero-order valence-electron chi connectivity index (χ0n) is 6.24. The van der Waals surface area contributed by atoms with Crippen LogP contribution in [0.5, 0.6) is 0 Å². The number of nitrogens with two attached hydrogens (primary N) is 1. The van der Waals surface area contributed by atoms with Gasteiger partial charge in [-0.15, -0.1) is 0 Å². The molecule has 6 heteroatoms. The van der Waals surface area contributed by atoms with Crippen molar-refractivity contribution in [2.24, 2.45) is 5.14 Å². The predicted molar refractivity (Wildman–Crippen MR) is 41.9 cm³/mol. The molecule has 0 aliphatic carbocycles. The number of nitrogens with zero attached hydrogens (tertiary/aromatic N) is 1. The van der Waals surface area contributed by atoms with Gasteiger partial charge in [0.05, 0.1) is 5.84 Å². The lowest BCUT2D eigenvalue weighted by molar-refractivity contribution is 0.297. The van der Waals surface area contributed by atoms with Crippen molar-refractivity contribution in [1.29, 1.82) is 5.41 Å². The lowest BCUT2D eigenvalue weighted by Gasteiger charge is -2.38. The van der Waals surface area contributed by atoms with Crippen molar-refractivity contribution in [3.8, 4) is 0 Å². The van der Waals surface area contributed by atoms with E-state index in [4.69, 9.17) is 10.5 Å². The quantitative estimate of drug-likeness (QED) is 0.396. The van der Waals surface area contributed by atoms with E-state index in [-0.39, 0.29) is 0 Å². The van der Waals surface area contributed by atoms with Crippen molar-refractivity contribution in [1.82, 2.24) is 4.90 Å². The maximum Gasteiger partial charge on any atom is 0.215 e. The lowest BCUT2D eigenvalue weighted by Crippen LogP contribution is -2.57. The average molecular weight is 177 g/mol. The third kappa shape index (κ3) is 1.69. The molecule has 0 atom stereocenters. The Morgan fingerprint density at radius 1 is 1.64 bits per heavy atom. The topological polar surface area (TPSA) is 87.2 Å². The van der Waals surface area contributed by atoms with E-state index >= 15 is 0 Å². The fourth-order valence-electron chi connectivity index (χ4n) is 0.920. The first-order valence-electron chi connectivity index (χ1n) is 3.23. The van der Waals surface area contributed by atoms with Gasteiger partial charge >= 0.3 is 0 Å². The van der Waals surface area contributed by atoms with Gasteiger partial charge in [-0.3, -0.25) is 5.41 Å². The number of hydrogen-bond acceptors (Lipinski definition) is 3. The van der Waals surface area contributed by atoms with Gasteiger partial charge in [-0.2, -0.15) is 0 Å². The first-order valence-corrected chi connectivity index (χ1v) is 4.84. The SMILES string of the molecule is CC(=N)N1CC(S(N)(=O)=O)C1. The summed E-state index contributed by atoms with van der Waals surface area (Å²) in [6, 6.07) is 0. The molecule has 0 aromatic rings. The minimum atomic E-state index is -3.37. The Labute approximate surface area is 65.7 Å². The Kier molecular flexibility index (Phi) is 1.89. The maximum atomic E-state index is 10.7. The number of amidine groups is 1. The van der Waals surface area contributed by atoms with Gasteiger partial charge in [0, 0.05) is 13.1 Å². The van der Waals surface area contributed by atoms with Gasteiger partial charge in [0.25, 0.3) is 0 Å². The molecular weight excluding hydrogens is 166 g/mol. The fraction of sp³-hybridized carbons (Fsp3) is 0.800. The summed E-state index contributed by atoms with van der Waals surface area (Å²) >= 11 is 0. The lowest BCUT2D eigenvalue weighted by atomic mass is 10.2. The molecule has 1 aliphatic heterocycles. The molecule has 0 spiro atoms. The molecule has 11 heavy (non-hydrogen) atoms. The smallest absolute Gasteiger partial charge is 0.215 e. The van der Waals surface area contributed by atoms with Crippen molar-refractivity contribution in [3.63, 3.8) is 0 Å². The molecule has 0 bridgehead atoms. The van der Waals surface area contributed by atoms with Gasteiger partial charge in [0.2, 0.25) is 10.0 Å². The van der Waals surface area contributed by atoms with Gasteiger partial charge in [0.15, 0.2) is 0 Å². The summed E-state index contributed by atoms with van der Waals surface area (Å²) in [6.45, 7) is 2.36. The molecule has 3 N–H and O–H groups in total. The Hall–Kier alpha value is -0.620. The van der Waals surface area contributed by atoms with Crippen LogP contribution in [0.4, 0.5) is 0 Å². The molecule has 0 unspecified atom stereocenters. The van der Waals surface area contributed by atoms with Gasteiger partial charge in [0.1, 0.15) is 5.25 Å². The molecule has 0 saturated carbocycles. The van der Waals surface area contributed by atoms with E-state index in [1.165, 1.54) is 0 Å². The summed E-state index contributed by atoms with van der Waals surface area (Å²) in [5.41, 5.74) is 0. The Morgan fingerprint density at radius 2 is 2.09 bits per heavy atom. The van der Waals surface area contributed by atoms with Crippen LogP contribution in [-0.2, 0) is 10.0 Å². The van der Waals surface area contributed by atoms with E-state index in [0.717, 1.165) is 0 Å². The molecule has 0 aromatic carbocycles. The molecule has 1 fully saturated rings. The first kappa shape index (κ1) is 8.48. The van der Waals surface area contributed by atoms with Crippen LogP contribution in [-0.4, -0.2) is 37.5 Å². The van der Waals surface area contributed by atoms with Crippen molar-refractivity contribution in [3.05, 3.63) is 0 Å². The standard InChI is InChI=1S/C5H11N3O2S/c1-4(6)8-2-5(3-8)11(7,9)10/h5-6H,2-3H2,1H3,(H2,7,9,10). The molecule has 1 saturated heterocycles. The van der Waals surface area contributed by atoms with Crippen molar-refractivity contribution in [2.45, 2.75) is 12.2 Å². The fourth-order valence-corrected chi connectivity index (χ4v) is 1.70. The van der Waals surface area contributed by atoms with Crippen LogP contribution in [0.2, 0.25) is 0 Å². The van der Waals surface area contributed by atoms with Crippen LogP contribution >= 0.6 is 0 Å². The number of primary sulfonamides is 1. The highest BCUT2D eigenvalue weighted by Gasteiger charge is 2.35. The Balaban J connectivity index is 2.48. The first-order chi connectivity index (χ1) is 4.91. The summed E-state index contributed by atoms with van der Waals surface area (Å²) in [5.74, 6) is 0.393. The normalized spacial score (nSPS) is 19.6. The van der Waals surface area contributed by atoms with Crippen molar-refractivity contribution < 1.29 is 8.42 Å². The van der Waals surface area contributed by atoms with Gasteiger partial charge in [-0.05, 0) is 6.92 Å². The monoisotopic (exact) mass is 177 g/mol. The Morgan fingerprint density at radius 3 is 2.36 bits per heavy atom. The van der Waals surface area contributed by atoms with Gasteiger partial charge in [-0.25, -0.2) is 13.6 Å². The molecule has 1 rings (SSSR count). The zero-order valence-corrected chi connectivity index (χ0v) is 7.06. The van der Waals surface area contributed by atoms with E-state index in [1.54, 1.807) is 11.8 Å². The molecule has 64 valence electrons. The summed E-state index contributed by atoms with van der Waals surface area (Å²) in [7, 11) is -3.37. The molecule has 0 amide bonds. The van der Waals surface area contributed by atoms with Gasteiger partial charge < -0.3 is 4.90 Å². The number of nitrogens with one attached hydrogen (secondary N) is 1. The van der Waals surface area contributed by atoms with Crippen LogP contribution in [0.3, 0.4) is 0 Å². The van der Waals surface area contributed by atoms with E-state index in [0.29, 0.717) is 18.9 Å². The molecule has 1 aliphatic rings. The number of hydrogen-bond donors (Lipinski definition) is 2. The van der Waals surface area contributed by atoms with Crippen LogP contribution in [0.1, 0.15) is 6.92 Å². The minimum absolute atomic E-state index is 0.369. The largest absolute Gasteiger partial charge is 0.358 e. The average Bonchev–Trinajstić information content (AvgIpc) is 1.51. The second-order valence-corrected chi connectivity index (χ2v) is 4.55. The molecule has 0 radical (unpaired) electrons. The Bertz CT molecular complexity index is 265. The molecule has 0 aromatic heterocycles. The number of likely N-dealkylation sites (tertiary alicyclic amines) is 1. The van der Waals surface area contributed by atoms with Crippen molar-refractivity contribution in [2.75, 3.05) is 13.1 Å². The summed E-state index contributed by atoms with van der Waals surface area (Å²) in [6.07, 6.45) is 0. The predicted octanol–water partition coefficient (Wildman–Crippen LogP) is -1.04. The summed E-state index contributed by atoms with van der Waals surface area (Å²) in [5, 5.41) is 11.5.